The first-order valence-corrected chi connectivity index (χ1v) is 36.4. The molecule has 0 aliphatic rings. The van der Waals surface area contributed by atoms with Crippen LogP contribution in [-0.4, -0.2) is 0 Å². The Balaban J connectivity index is 0.693. The van der Waals surface area contributed by atoms with Crippen LogP contribution >= 0.6 is 0 Å². The molecule has 106 heavy (non-hydrogen) atoms. The molecule has 498 valence electrons. The summed E-state index contributed by atoms with van der Waals surface area (Å²) in [4.78, 5) is 4.79. The van der Waals surface area contributed by atoms with Crippen LogP contribution < -0.4 is 9.80 Å². The van der Waals surface area contributed by atoms with E-state index in [2.05, 4.69) is 447 Å². The quantitative estimate of drug-likeness (QED) is 0.0839. The SMILES string of the molecule is c1ccc(-c2ccc(-c3ccc(-c4ccc(N(c5ccc(-c6ccccc6)cc5)c5ccc(-c6ccc(-c7c8ccccc8c(-c8ccc(N(c9ccc(-c%10ccccc%10)cc9)c9ccc(-c%10ccccc%10)cc9)cc8-c8ccccc8)c8ccccc78)cc6)cc5)cc4-c4ccccc4)cc3)cc2)cc1. The smallest absolute Gasteiger partial charge is 0.0468 e. The Morgan fingerprint density at radius 3 is 0.594 bits per heavy atom. The zero-order chi connectivity index (χ0) is 70.5. The lowest BCUT2D eigenvalue weighted by Crippen LogP contribution is -2.10. The van der Waals surface area contributed by atoms with Crippen molar-refractivity contribution in [1.29, 1.82) is 0 Å². The van der Waals surface area contributed by atoms with Crippen LogP contribution in [-0.2, 0) is 0 Å². The molecular formula is C104H72N2. The van der Waals surface area contributed by atoms with Crippen LogP contribution in [0.4, 0.5) is 34.1 Å². The van der Waals surface area contributed by atoms with Gasteiger partial charge in [0.2, 0.25) is 0 Å². The molecule has 0 aliphatic carbocycles. The van der Waals surface area contributed by atoms with Crippen LogP contribution in [0.15, 0.2) is 437 Å². The first-order chi connectivity index (χ1) is 52.6. The first kappa shape index (κ1) is 64.2. The second kappa shape index (κ2) is 28.8. The molecule has 0 amide bonds. The average molecular weight is 1350 g/mol. The molecule has 0 aliphatic heterocycles. The fraction of sp³-hybridized carbons (Fsp3) is 0. The van der Waals surface area contributed by atoms with Crippen molar-refractivity contribution in [2.75, 3.05) is 9.80 Å². The number of hydrogen-bond donors (Lipinski definition) is 0. The molecule has 18 aromatic rings. The van der Waals surface area contributed by atoms with Gasteiger partial charge in [0, 0.05) is 34.1 Å². The Hall–Kier alpha value is -13.9. The first-order valence-electron chi connectivity index (χ1n) is 36.4. The Morgan fingerprint density at radius 1 is 0.113 bits per heavy atom. The molecule has 2 nitrogen and oxygen atoms in total. The number of benzene rings is 18. The van der Waals surface area contributed by atoms with Gasteiger partial charge < -0.3 is 9.80 Å². The van der Waals surface area contributed by atoms with Crippen molar-refractivity contribution in [3.63, 3.8) is 0 Å². The Kier molecular flexibility index (Phi) is 17.5. The zero-order valence-corrected chi connectivity index (χ0v) is 58.5. The van der Waals surface area contributed by atoms with Gasteiger partial charge in [-0.25, -0.2) is 0 Å². The van der Waals surface area contributed by atoms with Crippen LogP contribution in [0.1, 0.15) is 0 Å². The standard InChI is InChI=1S/C104H72N2/c1-7-23-73(24-8-1)77-39-41-78(42-40-77)79-43-47-87(48-44-79)95-69-67-93(71-101(95)85-31-15-5-16-32-85)105(89-59-51-81(52-60-89)74-25-9-2-10-26-74)92-65-57-84(58-66-92)80-45-49-88(50-46-80)103-96-35-19-21-37-98(96)104(99-38-22-20-36-97(99)103)100-70-68-94(72-102(100)86-33-17-6-18-34-86)106(90-61-53-82(54-62-90)75-27-11-3-12-28-75)91-63-55-83(56-64-91)76-29-13-4-14-30-76/h1-72H. The summed E-state index contributed by atoms with van der Waals surface area (Å²) in [5, 5.41) is 4.81. The average Bonchev–Trinajstić information content (AvgIpc) is 0.725. The number of hydrogen-bond acceptors (Lipinski definition) is 2. The van der Waals surface area contributed by atoms with E-state index in [9.17, 15) is 0 Å². The second-order valence-corrected chi connectivity index (χ2v) is 27.1. The number of rotatable bonds is 17. The van der Waals surface area contributed by atoms with Crippen LogP contribution in [0.5, 0.6) is 0 Å². The summed E-state index contributed by atoms with van der Waals surface area (Å²) in [5.74, 6) is 0. The molecule has 0 heterocycles. The Labute approximate surface area is 620 Å². The molecule has 0 spiro atoms. The molecule has 0 bridgehead atoms. The van der Waals surface area contributed by atoms with Crippen LogP contribution in [0.2, 0.25) is 0 Å². The van der Waals surface area contributed by atoms with Crippen LogP contribution in [0, 0.1) is 0 Å². The van der Waals surface area contributed by atoms with E-state index in [1.807, 2.05) is 0 Å². The van der Waals surface area contributed by atoms with Crippen molar-refractivity contribution >= 4 is 55.7 Å². The maximum Gasteiger partial charge on any atom is 0.0468 e. The van der Waals surface area contributed by atoms with Crippen LogP contribution in [0.25, 0.3) is 144 Å². The van der Waals surface area contributed by atoms with E-state index in [1.54, 1.807) is 0 Å². The maximum absolute atomic E-state index is 2.40. The Morgan fingerprint density at radius 2 is 0.302 bits per heavy atom. The molecule has 18 rings (SSSR count). The van der Waals surface area contributed by atoms with Gasteiger partial charge in [-0.15, -0.1) is 0 Å². The highest BCUT2D eigenvalue weighted by molar-refractivity contribution is 6.22. The summed E-state index contributed by atoms with van der Waals surface area (Å²) in [6.45, 7) is 0. The van der Waals surface area contributed by atoms with E-state index in [4.69, 9.17) is 0 Å². The lowest BCUT2D eigenvalue weighted by Gasteiger charge is -2.28. The lowest BCUT2D eigenvalue weighted by molar-refractivity contribution is 1.28. The maximum atomic E-state index is 2.40. The van der Waals surface area contributed by atoms with E-state index >= 15 is 0 Å². The molecule has 0 atom stereocenters. The molecule has 0 saturated carbocycles. The second-order valence-electron chi connectivity index (χ2n) is 27.1. The summed E-state index contributed by atoms with van der Waals surface area (Å²) in [6.07, 6.45) is 0. The third-order valence-electron chi connectivity index (χ3n) is 20.7. The minimum absolute atomic E-state index is 1.06. The Bertz CT molecular complexity index is 5930. The zero-order valence-electron chi connectivity index (χ0n) is 58.5. The third kappa shape index (κ3) is 12.8. The van der Waals surface area contributed by atoms with Crippen LogP contribution in [0.3, 0.4) is 0 Å². The monoisotopic (exact) mass is 1350 g/mol. The number of nitrogens with zero attached hydrogens (tertiary/aromatic N) is 2. The van der Waals surface area contributed by atoms with Gasteiger partial charge >= 0.3 is 0 Å². The topological polar surface area (TPSA) is 6.48 Å². The largest absolute Gasteiger partial charge is 0.310 e. The number of fused-ring (bicyclic) bond motifs is 2. The molecule has 0 saturated heterocycles. The van der Waals surface area contributed by atoms with Gasteiger partial charge in [0.05, 0.1) is 0 Å². The third-order valence-corrected chi connectivity index (χ3v) is 20.7. The van der Waals surface area contributed by atoms with Gasteiger partial charge in [-0.2, -0.15) is 0 Å². The predicted molar refractivity (Wildman–Crippen MR) is 451 cm³/mol. The van der Waals surface area contributed by atoms with Gasteiger partial charge in [0.15, 0.2) is 0 Å². The molecule has 0 radical (unpaired) electrons. The minimum Gasteiger partial charge on any atom is -0.310 e. The molecule has 0 unspecified atom stereocenters. The van der Waals surface area contributed by atoms with E-state index in [1.165, 1.54) is 99.4 Å². The van der Waals surface area contributed by atoms with Crippen molar-refractivity contribution in [3.05, 3.63) is 437 Å². The number of anilines is 6. The highest BCUT2D eigenvalue weighted by Crippen LogP contribution is 2.50. The van der Waals surface area contributed by atoms with E-state index in [-0.39, 0.29) is 0 Å². The molecule has 0 aromatic heterocycles. The highest BCUT2D eigenvalue weighted by atomic mass is 15.1. The minimum atomic E-state index is 1.06. The molecular weight excluding hydrogens is 1280 g/mol. The summed E-state index contributed by atoms with van der Waals surface area (Å²) < 4.78 is 0. The van der Waals surface area contributed by atoms with Crippen molar-refractivity contribution in [2.45, 2.75) is 0 Å². The summed E-state index contributed by atoms with van der Waals surface area (Å²) in [6, 6.07) is 159. The van der Waals surface area contributed by atoms with Crippen molar-refractivity contribution < 1.29 is 0 Å². The molecule has 2 heteroatoms. The van der Waals surface area contributed by atoms with Crippen molar-refractivity contribution in [1.82, 2.24) is 0 Å². The van der Waals surface area contributed by atoms with E-state index in [0.29, 0.717) is 0 Å². The summed E-state index contributed by atoms with van der Waals surface area (Å²) >= 11 is 0. The fourth-order valence-corrected chi connectivity index (χ4v) is 15.4. The molecule has 0 N–H and O–H groups in total. The highest BCUT2D eigenvalue weighted by Gasteiger charge is 2.24. The predicted octanol–water partition coefficient (Wildman–Crippen LogP) is 29.3. The van der Waals surface area contributed by atoms with Crippen molar-refractivity contribution in [3.8, 4) is 122 Å². The van der Waals surface area contributed by atoms with Gasteiger partial charge in [0.25, 0.3) is 0 Å². The normalized spacial score (nSPS) is 11.2. The van der Waals surface area contributed by atoms with E-state index < -0.39 is 0 Å². The van der Waals surface area contributed by atoms with Gasteiger partial charge in [-0.3, -0.25) is 0 Å². The molecule has 18 aromatic carbocycles. The van der Waals surface area contributed by atoms with Gasteiger partial charge in [-0.1, -0.05) is 364 Å². The summed E-state index contributed by atoms with van der Waals surface area (Å²) in [5.41, 5.74) is 32.3. The fourth-order valence-electron chi connectivity index (χ4n) is 15.4. The van der Waals surface area contributed by atoms with E-state index in [0.717, 1.165) is 78.6 Å². The summed E-state index contributed by atoms with van der Waals surface area (Å²) in [7, 11) is 0. The van der Waals surface area contributed by atoms with Gasteiger partial charge in [-0.05, 0) is 217 Å². The van der Waals surface area contributed by atoms with Gasteiger partial charge in [0.1, 0.15) is 0 Å². The lowest BCUT2D eigenvalue weighted by atomic mass is 9.83. The molecule has 0 fully saturated rings. The van der Waals surface area contributed by atoms with Crippen molar-refractivity contribution in [2.24, 2.45) is 0 Å².